The molecule has 3 atom stereocenters. The van der Waals surface area contributed by atoms with Gasteiger partial charge in [0.25, 0.3) is 0 Å². The number of piperidine rings is 1. The molecule has 0 aromatic heterocycles. The van der Waals surface area contributed by atoms with Crippen molar-refractivity contribution in [2.75, 3.05) is 19.7 Å². The molecule has 0 unspecified atom stereocenters. The minimum atomic E-state index is 0.163. The van der Waals surface area contributed by atoms with Crippen LogP contribution in [-0.2, 0) is 16.1 Å². The maximum atomic E-state index is 12.9. The standard InChI is InChI=1S/C20H30N2O2/c1-2-19-13-17(10-12-24-19)20(23)22-11-6-9-18(15-22)21-14-16-7-4-3-5-8-16/h3-5,7-8,17-19,21H,2,6,9-15H2,1H3/t17-,18-,19+/m0/s1. The number of hydrogen-bond acceptors (Lipinski definition) is 3. The van der Waals surface area contributed by atoms with Crippen LogP contribution in [0.3, 0.4) is 0 Å². The van der Waals surface area contributed by atoms with Gasteiger partial charge in [0.1, 0.15) is 0 Å². The lowest BCUT2D eigenvalue weighted by Gasteiger charge is -2.37. The maximum Gasteiger partial charge on any atom is 0.225 e. The van der Waals surface area contributed by atoms with Crippen LogP contribution in [0.4, 0.5) is 0 Å². The summed E-state index contributed by atoms with van der Waals surface area (Å²) in [5.74, 6) is 0.513. The van der Waals surface area contributed by atoms with Gasteiger partial charge in [0.05, 0.1) is 6.10 Å². The van der Waals surface area contributed by atoms with E-state index in [1.54, 1.807) is 0 Å². The van der Waals surface area contributed by atoms with E-state index in [0.717, 1.165) is 58.3 Å². The number of hydrogen-bond donors (Lipinski definition) is 1. The minimum absolute atomic E-state index is 0.163. The summed E-state index contributed by atoms with van der Waals surface area (Å²) < 4.78 is 5.72. The molecule has 0 bridgehead atoms. The van der Waals surface area contributed by atoms with E-state index in [2.05, 4.69) is 41.4 Å². The van der Waals surface area contributed by atoms with Crippen LogP contribution in [-0.4, -0.2) is 42.6 Å². The average molecular weight is 330 g/mol. The van der Waals surface area contributed by atoms with E-state index in [-0.39, 0.29) is 12.0 Å². The summed E-state index contributed by atoms with van der Waals surface area (Å²) in [6.07, 6.45) is 5.30. The Labute approximate surface area is 145 Å². The van der Waals surface area contributed by atoms with Gasteiger partial charge in [-0.05, 0) is 37.7 Å². The van der Waals surface area contributed by atoms with Gasteiger partial charge in [-0.2, -0.15) is 0 Å². The Morgan fingerprint density at radius 1 is 1.29 bits per heavy atom. The highest BCUT2D eigenvalue weighted by atomic mass is 16.5. The first-order valence-electron chi connectivity index (χ1n) is 9.44. The first-order valence-corrected chi connectivity index (χ1v) is 9.44. The van der Waals surface area contributed by atoms with E-state index in [1.807, 2.05) is 6.07 Å². The molecule has 0 saturated carbocycles. The first-order chi connectivity index (χ1) is 11.8. The molecule has 4 heteroatoms. The summed E-state index contributed by atoms with van der Waals surface area (Å²) in [5.41, 5.74) is 1.30. The van der Waals surface area contributed by atoms with E-state index in [0.29, 0.717) is 11.9 Å². The second-order valence-electron chi connectivity index (χ2n) is 7.11. The summed E-state index contributed by atoms with van der Waals surface area (Å²) >= 11 is 0. The van der Waals surface area contributed by atoms with Crippen LogP contribution in [0.5, 0.6) is 0 Å². The molecule has 2 aliphatic rings. The Kier molecular flexibility index (Phi) is 6.27. The molecule has 1 aromatic carbocycles. The fraction of sp³-hybridized carbons (Fsp3) is 0.650. The molecular weight excluding hydrogens is 300 g/mol. The van der Waals surface area contributed by atoms with Crippen molar-refractivity contribution in [1.82, 2.24) is 10.2 Å². The summed E-state index contributed by atoms with van der Waals surface area (Å²) in [4.78, 5) is 15.0. The van der Waals surface area contributed by atoms with Gasteiger partial charge in [-0.25, -0.2) is 0 Å². The van der Waals surface area contributed by atoms with Crippen molar-refractivity contribution in [3.05, 3.63) is 35.9 Å². The van der Waals surface area contributed by atoms with E-state index in [9.17, 15) is 4.79 Å². The van der Waals surface area contributed by atoms with Crippen LogP contribution in [0.15, 0.2) is 30.3 Å². The summed E-state index contributed by atoms with van der Waals surface area (Å²) in [5, 5.41) is 3.63. The van der Waals surface area contributed by atoms with Crippen LogP contribution >= 0.6 is 0 Å². The highest BCUT2D eigenvalue weighted by Gasteiger charge is 2.32. The highest BCUT2D eigenvalue weighted by molar-refractivity contribution is 5.79. The normalized spacial score (nSPS) is 27.9. The number of likely N-dealkylation sites (tertiary alicyclic amines) is 1. The molecule has 132 valence electrons. The van der Waals surface area contributed by atoms with E-state index in [4.69, 9.17) is 4.74 Å². The predicted molar refractivity (Wildman–Crippen MR) is 95.6 cm³/mol. The SMILES string of the molecule is CC[C@@H]1C[C@@H](C(=O)N2CCC[C@H](NCc3ccccc3)C2)CCO1. The second kappa shape index (κ2) is 8.63. The predicted octanol–water partition coefficient (Wildman–Crippen LogP) is 2.97. The molecule has 24 heavy (non-hydrogen) atoms. The third kappa shape index (κ3) is 4.58. The molecule has 0 radical (unpaired) electrons. The molecule has 3 rings (SSSR count). The van der Waals surface area contributed by atoms with Crippen molar-refractivity contribution in [2.45, 2.75) is 57.7 Å². The number of nitrogens with one attached hydrogen (secondary N) is 1. The number of rotatable bonds is 5. The van der Waals surface area contributed by atoms with E-state index in [1.165, 1.54) is 5.56 Å². The van der Waals surface area contributed by atoms with Crippen molar-refractivity contribution >= 4 is 5.91 Å². The minimum Gasteiger partial charge on any atom is -0.378 e. The van der Waals surface area contributed by atoms with Gasteiger partial charge in [0.2, 0.25) is 5.91 Å². The summed E-state index contributed by atoms with van der Waals surface area (Å²) in [6.45, 7) is 5.51. The van der Waals surface area contributed by atoms with Gasteiger partial charge in [-0.1, -0.05) is 37.3 Å². The van der Waals surface area contributed by atoms with Crippen LogP contribution in [0.2, 0.25) is 0 Å². The molecule has 2 fully saturated rings. The quantitative estimate of drug-likeness (QED) is 0.902. The largest absolute Gasteiger partial charge is 0.378 e. The fourth-order valence-corrected chi connectivity index (χ4v) is 3.85. The Balaban J connectivity index is 1.50. The number of nitrogens with zero attached hydrogens (tertiary/aromatic N) is 1. The lowest BCUT2D eigenvalue weighted by atomic mass is 9.92. The fourth-order valence-electron chi connectivity index (χ4n) is 3.85. The first kappa shape index (κ1) is 17.4. The number of amides is 1. The second-order valence-corrected chi connectivity index (χ2v) is 7.11. The maximum absolute atomic E-state index is 12.9. The molecule has 4 nitrogen and oxygen atoms in total. The highest BCUT2D eigenvalue weighted by Crippen LogP contribution is 2.25. The Hall–Kier alpha value is -1.39. The number of ether oxygens (including phenoxy) is 1. The van der Waals surface area contributed by atoms with E-state index < -0.39 is 0 Å². The topological polar surface area (TPSA) is 41.6 Å². The van der Waals surface area contributed by atoms with E-state index >= 15 is 0 Å². The van der Waals surface area contributed by atoms with Gasteiger partial charge in [-0.15, -0.1) is 0 Å². The van der Waals surface area contributed by atoms with Gasteiger partial charge < -0.3 is 15.0 Å². The third-order valence-corrected chi connectivity index (χ3v) is 5.34. The molecule has 1 amide bonds. The van der Waals surface area contributed by atoms with Crippen LogP contribution in [0.25, 0.3) is 0 Å². The van der Waals surface area contributed by atoms with Gasteiger partial charge in [0.15, 0.2) is 0 Å². The zero-order chi connectivity index (χ0) is 16.8. The number of carbonyl (C=O) groups excluding carboxylic acids is 1. The number of benzene rings is 1. The smallest absolute Gasteiger partial charge is 0.225 e. The Bertz CT molecular complexity index is 520. The molecule has 2 aliphatic heterocycles. The van der Waals surface area contributed by atoms with Gasteiger partial charge >= 0.3 is 0 Å². The van der Waals surface area contributed by atoms with Crippen molar-refractivity contribution < 1.29 is 9.53 Å². The molecule has 0 aliphatic carbocycles. The molecule has 2 heterocycles. The average Bonchev–Trinajstić information content (AvgIpc) is 2.67. The lowest BCUT2D eigenvalue weighted by molar-refractivity contribution is -0.142. The van der Waals surface area contributed by atoms with Crippen molar-refractivity contribution in [2.24, 2.45) is 5.92 Å². The molecular formula is C20H30N2O2. The zero-order valence-electron chi connectivity index (χ0n) is 14.7. The van der Waals surface area contributed by atoms with Crippen molar-refractivity contribution in [3.8, 4) is 0 Å². The zero-order valence-corrected chi connectivity index (χ0v) is 14.7. The third-order valence-electron chi connectivity index (χ3n) is 5.34. The van der Waals surface area contributed by atoms with Crippen LogP contribution in [0.1, 0.15) is 44.6 Å². The van der Waals surface area contributed by atoms with Crippen LogP contribution < -0.4 is 5.32 Å². The van der Waals surface area contributed by atoms with Gasteiger partial charge in [-0.3, -0.25) is 4.79 Å². The molecule has 1 N–H and O–H groups in total. The molecule has 0 spiro atoms. The lowest BCUT2D eigenvalue weighted by Crippen LogP contribution is -2.50. The summed E-state index contributed by atoms with van der Waals surface area (Å²) in [6, 6.07) is 10.9. The molecule has 2 saturated heterocycles. The van der Waals surface area contributed by atoms with Crippen molar-refractivity contribution in [3.63, 3.8) is 0 Å². The summed E-state index contributed by atoms with van der Waals surface area (Å²) in [7, 11) is 0. The Morgan fingerprint density at radius 3 is 2.92 bits per heavy atom. The monoisotopic (exact) mass is 330 g/mol. The number of carbonyl (C=O) groups is 1. The van der Waals surface area contributed by atoms with Crippen LogP contribution in [0, 0.1) is 5.92 Å². The Morgan fingerprint density at radius 2 is 2.12 bits per heavy atom. The van der Waals surface area contributed by atoms with Gasteiger partial charge in [0, 0.05) is 38.2 Å². The van der Waals surface area contributed by atoms with Crippen molar-refractivity contribution in [1.29, 1.82) is 0 Å². The molecule has 1 aromatic rings.